The number of nitrogens with two attached hydrogens (primary N) is 1. The molecular formula is C23H22FNO3. The lowest BCUT2D eigenvalue weighted by atomic mass is 9.92. The smallest absolute Gasteiger partial charge is 0.161 e. The molecule has 4 rings (SSSR count). The summed E-state index contributed by atoms with van der Waals surface area (Å²) in [5.74, 6) is 1.60. The summed E-state index contributed by atoms with van der Waals surface area (Å²) in [6, 6.07) is 15.3. The van der Waals surface area contributed by atoms with Crippen molar-refractivity contribution in [2.75, 3.05) is 20.3 Å². The van der Waals surface area contributed by atoms with E-state index in [0.29, 0.717) is 24.5 Å². The van der Waals surface area contributed by atoms with Crippen LogP contribution in [0, 0.1) is 12.7 Å². The summed E-state index contributed by atoms with van der Waals surface area (Å²) in [6.07, 6.45) is 0. The largest absolute Gasteiger partial charge is 0.496 e. The summed E-state index contributed by atoms with van der Waals surface area (Å²) in [4.78, 5) is 0. The van der Waals surface area contributed by atoms with E-state index in [-0.39, 0.29) is 12.4 Å². The standard InChI is InChI=1S/C23H22FNO3/c1-14-17(15-6-7-21-23(11-15)28-9-8-27-21)4-3-5-18(14)16-10-20(24)19(13-25)22(12-16)26-2/h3-7,10-12H,8-9,13,25H2,1-2H3. The lowest BCUT2D eigenvalue weighted by Gasteiger charge is -2.20. The van der Waals surface area contributed by atoms with E-state index in [2.05, 4.69) is 0 Å². The van der Waals surface area contributed by atoms with Crippen LogP contribution in [0.3, 0.4) is 0 Å². The molecule has 4 nitrogen and oxygen atoms in total. The van der Waals surface area contributed by atoms with Gasteiger partial charge in [0.2, 0.25) is 0 Å². The van der Waals surface area contributed by atoms with Crippen LogP contribution in [-0.4, -0.2) is 20.3 Å². The van der Waals surface area contributed by atoms with Crippen molar-refractivity contribution >= 4 is 0 Å². The SMILES string of the molecule is COc1cc(-c2cccc(-c3ccc4c(c3)OCCO4)c2C)cc(F)c1CN. The molecule has 0 bridgehead atoms. The zero-order valence-corrected chi connectivity index (χ0v) is 15.9. The molecule has 0 fully saturated rings. The third-order valence-electron chi connectivity index (χ3n) is 5.08. The Labute approximate surface area is 163 Å². The molecule has 28 heavy (non-hydrogen) atoms. The Bertz CT molecular complexity index is 1030. The van der Waals surface area contributed by atoms with Crippen LogP contribution in [0.15, 0.2) is 48.5 Å². The number of fused-ring (bicyclic) bond motifs is 1. The molecule has 0 aliphatic carbocycles. The van der Waals surface area contributed by atoms with Gasteiger partial charge in [0.1, 0.15) is 24.8 Å². The van der Waals surface area contributed by atoms with E-state index in [1.54, 1.807) is 0 Å². The molecule has 0 radical (unpaired) electrons. The van der Waals surface area contributed by atoms with Gasteiger partial charge in [-0.1, -0.05) is 24.3 Å². The number of methoxy groups -OCH3 is 1. The van der Waals surface area contributed by atoms with E-state index in [0.717, 1.165) is 39.3 Å². The van der Waals surface area contributed by atoms with Gasteiger partial charge in [0.15, 0.2) is 11.5 Å². The third-order valence-corrected chi connectivity index (χ3v) is 5.08. The first-order valence-electron chi connectivity index (χ1n) is 9.19. The average Bonchev–Trinajstić information content (AvgIpc) is 2.73. The number of rotatable bonds is 4. The van der Waals surface area contributed by atoms with Gasteiger partial charge in [0, 0.05) is 12.1 Å². The topological polar surface area (TPSA) is 53.7 Å². The Balaban J connectivity index is 1.81. The molecule has 5 heteroatoms. The summed E-state index contributed by atoms with van der Waals surface area (Å²) in [7, 11) is 1.52. The first-order valence-corrected chi connectivity index (χ1v) is 9.19. The van der Waals surface area contributed by atoms with Crippen molar-refractivity contribution in [2.24, 2.45) is 5.73 Å². The minimum Gasteiger partial charge on any atom is -0.496 e. The molecule has 3 aromatic rings. The molecule has 1 aliphatic rings. The third kappa shape index (κ3) is 3.18. The minimum atomic E-state index is -0.360. The highest BCUT2D eigenvalue weighted by Gasteiger charge is 2.16. The van der Waals surface area contributed by atoms with Gasteiger partial charge in [-0.05, 0) is 59.0 Å². The summed E-state index contributed by atoms with van der Waals surface area (Å²) >= 11 is 0. The zero-order valence-electron chi connectivity index (χ0n) is 15.9. The molecule has 0 amide bonds. The molecule has 0 atom stereocenters. The molecule has 0 aromatic heterocycles. The van der Waals surface area contributed by atoms with E-state index in [1.807, 2.05) is 49.4 Å². The monoisotopic (exact) mass is 379 g/mol. The Hall–Kier alpha value is -3.05. The molecule has 0 spiro atoms. The van der Waals surface area contributed by atoms with E-state index in [9.17, 15) is 4.39 Å². The van der Waals surface area contributed by atoms with Crippen LogP contribution in [0.2, 0.25) is 0 Å². The molecule has 144 valence electrons. The van der Waals surface area contributed by atoms with Crippen molar-refractivity contribution < 1.29 is 18.6 Å². The molecule has 2 N–H and O–H groups in total. The normalized spacial score (nSPS) is 12.7. The average molecular weight is 379 g/mol. The van der Waals surface area contributed by atoms with Crippen LogP contribution < -0.4 is 19.9 Å². The lowest BCUT2D eigenvalue weighted by Crippen LogP contribution is -2.15. The Morgan fingerprint density at radius 3 is 2.39 bits per heavy atom. The maximum absolute atomic E-state index is 14.5. The maximum Gasteiger partial charge on any atom is 0.161 e. The highest BCUT2D eigenvalue weighted by molar-refractivity contribution is 5.80. The number of benzene rings is 3. The van der Waals surface area contributed by atoms with Gasteiger partial charge >= 0.3 is 0 Å². The first-order chi connectivity index (χ1) is 13.6. The van der Waals surface area contributed by atoms with Crippen molar-refractivity contribution in [3.63, 3.8) is 0 Å². The number of ether oxygens (including phenoxy) is 3. The Kier molecular flexibility index (Phi) is 4.92. The van der Waals surface area contributed by atoms with Gasteiger partial charge in [-0.25, -0.2) is 4.39 Å². The molecular weight excluding hydrogens is 357 g/mol. The van der Waals surface area contributed by atoms with E-state index < -0.39 is 0 Å². The summed E-state index contributed by atoms with van der Waals surface area (Å²) < 4.78 is 31.2. The second-order valence-corrected chi connectivity index (χ2v) is 6.68. The molecule has 0 saturated heterocycles. The predicted molar refractivity (Wildman–Crippen MR) is 107 cm³/mol. The van der Waals surface area contributed by atoms with E-state index in [4.69, 9.17) is 19.9 Å². The van der Waals surface area contributed by atoms with Crippen LogP contribution in [0.5, 0.6) is 17.2 Å². The number of hydrogen-bond acceptors (Lipinski definition) is 4. The number of hydrogen-bond donors (Lipinski definition) is 1. The van der Waals surface area contributed by atoms with Gasteiger partial charge in [-0.2, -0.15) is 0 Å². The van der Waals surface area contributed by atoms with E-state index in [1.165, 1.54) is 13.2 Å². The van der Waals surface area contributed by atoms with Crippen LogP contribution in [-0.2, 0) is 6.54 Å². The fourth-order valence-corrected chi connectivity index (χ4v) is 3.62. The van der Waals surface area contributed by atoms with Crippen molar-refractivity contribution in [3.05, 3.63) is 65.5 Å². The van der Waals surface area contributed by atoms with Crippen molar-refractivity contribution in [1.29, 1.82) is 0 Å². The maximum atomic E-state index is 14.5. The fraction of sp³-hybridized carbons (Fsp3) is 0.217. The summed E-state index contributed by atoms with van der Waals surface area (Å²) in [6.45, 7) is 3.23. The van der Waals surface area contributed by atoms with Crippen molar-refractivity contribution in [1.82, 2.24) is 0 Å². The summed E-state index contributed by atoms with van der Waals surface area (Å²) in [5, 5.41) is 0. The summed E-state index contributed by atoms with van der Waals surface area (Å²) in [5.41, 5.74) is 10.9. The van der Waals surface area contributed by atoms with Gasteiger partial charge in [0.05, 0.1) is 7.11 Å². The van der Waals surface area contributed by atoms with Gasteiger partial charge < -0.3 is 19.9 Å². The minimum absolute atomic E-state index is 0.0888. The highest BCUT2D eigenvalue weighted by Crippen LogP contribution is 2.38. The molecule has 1 aliphatic heterocycles. The molecule has 0 unspecified atom stereocenters. The highest BCUT2D eigenvalue weighted by atomic mass is 19.1. The van der Waals surface area contributed by atoms with Crippen molar-refractivity contribution in [2.45, 2.75) is 13.5 Å². The van der Waals surface area contributed by atoms with Crippen LogP contribution >= 0.6 is 0 Å². The van der Waals surface area contributed by atoms with Crippen LogP contribution in [0.1, 0.15) is 11.1 Å². The van der Waals surface area contributed by atoms with Crippen LogP contribution in [0.25, 0.3) is 22.3 Å². The molecule has 0 saturated carbocycles. The second-order valence-electron chi connectivity index (χ2n) is 6.68. The van der Waals surface area contributed by atoms with Gasteiger partial charge in [-0.15, -0.1) is 0 Å². The predicted octanol–water partition coefficient (Wildman–Crippen LogP) is 4.71. The zero-order chi connectivity index (χ0) is 19.7. The fourth-order valence-electron chi connectivity index (χ4n) is 3.62. The van der Waals surface area contributed by atoms with E-state index >= 15 is 0 Å². The lowest BCUT2D eigenvalue weighted by molar-refractivity contribution is 0.171. The second kappa shape index (κ2) is 7.52. The Morgan fingerprint density at radius 2 is 1.68 bits per heavy atom. The Morgan fingerprint density at radius 1 is 0.964 bits per heavy atom. The molecule has 3 aromatic carbocycles. The first kappa shape index (κ1) is 18.3. The van der Waals surface area contributed by atoms with Crippen molar-refractivity contribution in [3.8, 4) is 39.5 Å². The quantitative estimate of drug-likeness (QED) is 0.713. The number of halogens is 1. The molecule has 1 heterocycles. The van der Waals surface area contributed by atoms with Gasteiger partial charge in [-0.3, -0.25) is 0 Å². The van der Waals surface area contributed by atoms with Crippen LogP contribution in [0.4, 0.5) is 4.39 Å². The van der Waals surface area contributed by atoms with Gasteiger partial charge in [0.25, 0.3) is 0 Å².